The zero-order chi connectivity index (χ0) is 21.8. The van der Waals surface area contributed by atoms with Crippen molar-refractivity contribution in [3.05, 3.63) is 65.1 Å². The quantitative estimate of drug-likeness (QED) is 0.188. The molecule has 0 saturated carbocycles. The second kappa shape index (κ2) is 8.67. The van der Waals surface area contributed by atoms with Crippen molar-refractivity contribution in [1.29, 1.82) is 0 Å². The monoisotopic (exact) mass is 439 g/mol. The highest BCUT2D eigenvalue weighted by molar-refractivity contribution is 7.99. The van der Waals surface area contributed by atoms with Crippen molar-refractivity contribution >= 4 is 29.0 Å². The summed E-state index contributed by atoms with van der Waals surface area (Å²) in [7, 11) is 0. The van der Waals surface area contributed by atoms with Crippen molar-refractivity contribution in [1.82, 2.24) is 15.2 Å². The number of nitro groups is 1. The lowest BCUT2D eigenvalue weighted by atomic mass is 10.2. The summed E-state index contributed by atoms with van der Waals surface area (Å²) in [5, 5.41) is 31.5. The number of nitrogens with one attached hydrogen (secondary N) is 1. The Kier molecular flexibility index (Phi) is 5.62. The number of anilines is 1. The van der Waals surface area contributed by atoms with Crippen LogP contribution in [0, 0.1) is 10.1 Å². The van der Waals surface area contributed by atoms with E-state index in [1.165, 1.54) is 24.7 Å². The van der Waals surface area contributed by atoms with Crippen molar-refractivity contribution in [2.24, 2.45) is 0 Å². The topological polar surface area (TPSA) is 157 Å². The zero-order valence-corrected chi connectivity index (χ0v) is 16.4. The van der Waals surface area contributed by atoms with Crippen LogP contribution in [0.3, 0.4) is 0 Å². The highest BCUT2D eigenvalue weighted by atomic mass is 32.2. The number of aromatic hydroxyl groups is 1. The molecule has 1 amide bonds. The summed E-state index contributed by atoms with van der Waals surface area (Å²) in [5.74, 6) is -0.0333. The first kappa shape index (κ1) is 20.1. The molecule has 0 fully saturated rings. The number of amides is 1. The average Bonchev–Trinajstić information content (AvgIpc) is 3.47. The summed E-state index contributed by atoms with van der Waals surface area (Å²) in [6, 6.07) is 10.2. The Hall–Kier alpha value is -4.19. The van der Waals surface area contributed by atoms with E-state index in [9.17, 15) is 20.0 Å². The smallest absolute Gasteiger partial charge is 0.273 e. The molecule has 0 radical (unpaired) electrons. The Morgan fingerprint density at radius 1 is 1.10 bits per heavy atom. The number of aromatic nitrogens is 3. The van der Waals surface area contributed by atoms with Gasteiger partial charge in [0.05, 0.1) is 35.0 Å². The van der Waals surface area contributed by atoms with E-state index < -0.39 is 16.6 Å². The molecule has 0 aliphatic rings. The molecule has 12 heteroatoms. The van der Waals surface area contributed by atoms with Gasteiger partial charge in [0.25, 0.3) is 5.69 Å². The number of thioether (sulfide) groups is 1. The van der Waals surface area contributed by atoms with Gasteiger partial charge in [-0.15, -0.1) is 10.2 Å². The number of rotatable bonds is 7. The van der Waals surface area contributed by atoms with Crippen LogP contribution in [0.15, 0.2) is 69.0 Å². The Morgan fingerprint density at radius 2 is 1.81 bits per heavy atom. The lowest BCUT2D eigenvalue weighted by Gasteiger charge is -2.07. The van der Waals surface area contributed by atoms with Gasteiger partial charge in [0.15, 0.2) is 17.2 Å². The van der Waals surface area contributed by atoms with Crippen molar-refractivity contribution in [2.75, 3.05) is 11.1 Å². The van der Waals surface area contributed by atoms with Gasteiger partial charge >= 0.3 is 0 Å². The van der Waals surface area contributed by atoms with Crippen molar-refractivity contribution in [3.8, 4) is 28.7 Å². The van der Waals surface area contributed by atoms with Gasteiger partial charge in [-0.05, 0) is 30.3 Å². The summed E-state index contributed by atoms with van der Waals surface area (Å²) < 4.78 is 10.8. The molecule has 3 aromatic heterocycles. The molecule has 3 heterocycles. The van der Waals surface area contributed by atoms with Gasteiger partial charge in [-0.2, -0.15) is 0 Å². The van der Waals surface area contributed by atoms with E-state index in [1.807, 2.05) is 0 Å². The number of furan rings is 2. The highest BCUT2D eigenvalue weighted by Crippen LogP contribution is 2.31. The molecule has 31 heavy (non-hydrogen) atoms. The Morgan fingerprint density at radius 3 is 2.42 bits per heavy atom. The van der Waals surface area contributed by atoms with Crippen LogP contribution in [0.2, 0.25) is 0 Å². The third-order valence-electron chi connectivity index (χ3n) is 3.98. The Labute approximate surface area is 178 Å². The number of carbonyl (C=O) groups excluding carboxylic acids is 1. The summed E-state index contributed by atoms with van der Waals surface area (Å²) in [5.41, 5.74) is 0.571. The molecule has 0 aliphatic carbocycles. The van der Waals surface area contributed by atoms with E-state index in [1.54, 1.807) is 24.3 Å². The first-order valence-corrected chi connectivity index (χ1v) is 9.72. The molecule has 1 aromatic carbocycles. The maximum absolute atomic E-state index is 12.2. The molecule has 4 rings (SSSR count). The molecule has 156 valence electrons. The van der Waals surface area contributed by atoms with Gasteiger partial charge < -0.3 is 19.3 Å². The molecule has 2 N–H and O–H groups in total. The van der Waals surface area contributed by atoms with E-state index in [4.69, 9.17) is 8.83 Å². The Balaban J connectivity index is 1.48. The standard InChI is InChI=1S/C19H13N5O6S/c25-13-9-11(24(27)28)5-6-12(13)20-16(26)10-31-19-21-17(14-3-1-7-29-14)18(22-23-19)15-4-2-8-30-15/h1-9,25H,10H2,(H,20,26). The average molecular weight is 439 g/mol. The number of hydrogen-bond acceptors (Lipinski definition) is 10. The van der Waals surface area contributed by atoms with E-state index in [-0.39, 0.29) is 22.3 Å². The molecule has 11 nitrogen and oxygen atoms in total. The lowest BCUT2D eigenvalue weighted by Crippen LogP contribution is -2.14. The van der Waals surface area contributed by atoms with Crippen LogP contribution in [0.1, 0.15) is 0 Å². The fraction of sp³-hybridized carbons (Fsp3) is 0.0526. The minimum atomic E-state index is -0.644. The van der Waals surface area contributed by atoms with E-state index in [0.29, 0.717) is 22.9 Å². The highest BCUT2D eigenvalue weighted by Gasteiger charge is 2.19. The number of carbonyl (C=O) groups is 1. The largest absolute Gasteiger partial charge is 0.506 e. The molecule has 0 atom stereocenters. The first-order valence-electron chi connectivity index (χ1n) is 8.74. The second-order valence-corrected chi connectivity index (χ2v) is 6.98. The van der Waals surface area contributed by atoms with E-state index >= 15 is 0 Å². The first-order chi connectivity index (χ1) is 15.0. The Bertz CT molecular complexity index is 1230. The van der Waals surface area contributed by atoms with Crippen LogP contribution < -0.4 is 5.32 Å². The van der Waals surface area contributed by atoms with Crippen molar-refractivity contribution in [3.63, 3.8) is 0 Å². The van der Waals surface area contributed by atoms with Gasteiger partial charge in [-0.25, -0.2) is 4.98 Å². The van der Waals surface area contributed by atoms with E-state index in [0.717, 1.165) is 17.8 Å². The lowest BCUT2D eigenvalue weighted by molar-refractivity contribution is -0.384. The molecule has 0 saturated heterocycles. The maximum Gasteiger partial charge on any atom is 0.273 e. The minimum absolute atomic E-state index is 0.0553. The normalized spacial score (nSPS) is 10.7. The number of non-ortho nitro benzene ring substituents is 1. The maximum atomic E-state index is 12.2. The zero-order valence-electron chi connectivity index (χ0n) is 15.6. The number of benzene rings is 1. The van der Waals surface area contributed by atoms with Crippen LogP contribution in [-0.4, -0.2) is 36.9 Å². The molecule has 0 unspecified atom stereocenters. The molecule has 0 aliphatic heterocycles. The van der Waals surface area contributed by atoms with E-state index in [2.05, 4.69) is 20.5 Å². The summed E-state index contributed by atoms with van der Waals surface area (Å²) in [6.07, 6.45) is 3.00. The van der Waals surface area contributed by atoms with Crippen LogP contribution in [0.4, 0.5) is 11.4 Å². The third-order valence-corrected chi connectivity index (χ3v) is 4.81. The molecule has 0 spiro atoms. The number of nitro benzene ring substituents is 1. The van der Waals surface area contributed by atoms with Gasteiger partial charge in [0.2, 0.25) is 11.1 Å². The molecule has 4 aromatic rings. The number of nitrogens with zero attached hydrogens (tertiary/aromatic N) is 4. The number of phenols is 1. The van der Waals surface area contributed by atoms with Crippen LogP contribution in [0.5, 0.6) is 5.75 Å². The molecular formula is C19H13N5O6S. The summed E-state index contributed by atoms with van der Waals surface area (Å²) >= 11 is 1.02. The fourth-order valence-electron chi connectivity index (χ4n) is 2.59. The summed E-state index contributed by atoms with van der Waals surface area (Å²) in [4.78, 5) is 26.8. The SMILES string of the molecule is O=C(CSc1nnc(-c2ccco2)c(-c2ccco2)n1)Nc1ccc([N+](=O)[O-])cc1O. The third kappa shape index (κ3) is 4.53. The minimum Gasteiger partial charge on any atom is -0.506 e. The fourth-order valence-corrected chi connectivity index (χ4v) is 3.18. The second-order valence-electron chi connectivity index (χ2n) is 6.04. The van der Waals surface area contributed by atoms with Crippen molar-refractivity contribution < 1.29 is 23.7 Å². The van der Waals surface area contributed by atoms with Gasteiger partial charge in [-0.1, -0.05) is 11.8 Å². The van der Waals surface area contributed by atoms with Gasteiger partial charge in [0, 0.05) is 6.07 Å². The molecule has 0 bridgehead atoms. The predicted molar refractivity (Wildman–Crippen MR) is 109 cm³/mol. The predicted octanol–water partition coefficient (Wildman–Crippen LogP) is 3.74. The van der Waals surface area contributed by atoms with Crippen LogP contribution in [0.25, 0.3) is 22.9 Å². The van der Waals surface area contributed by atoms with Gasteiger partial charge in [0.1, 0.15) is 11.4 Å². The van der Waals surface area contributed by atoms with Crippen molar-refractivity contribution in [2.45, 2.75) is 5.16 Å². The number of phenolic OH excluding ortho intramolecular Hbond substituents is 1. The van der Waals surface area contributed by atoms with Crippen LogP contribution in [-0.2, 0) is 4.79 Å². The summed E-state index contributed by atoms with van der Waals surface area (Å²) in [6.45, 7) is 0. The van der Waals surface area contributed by atoms with Gasteiger partial charge in [-0.3, -0.25) is 14.9 Å². The molecular weight excluding hydrogens is 426 g/mol. The van der Waals surface area contributed by atoms with Crippen LogP contribution >= 0.6 is 11.8 Å². The number of hydrogen-bond donors (Lipinski definition) is 2.